The first kappa shape index (κ1) is 10.0. The van der Waals surface area contributed by atoms with Crippen LogP contribution in [0.5, 0.6) is 0 Å². The van der Waals surface area contributed by atoms with E-state index in [0.29, 0.717) is 11.6 Å². The van der Waals surface area contributed by atoms with Crippen molar-refractivity contribution in [1.82, 2.24) is 10.6 Å². The zero-order chi connectivity index (χ0) is 9.03. The molecule has 1 rings (SSSR count). The lowest BCUT2D eigenvalue weighted by Gasteiger charge is -2.30. The molecule has 0 aromatic carbocycles. The molecular formula is C10H22N2. The van der Waals surface area contributed by atoms with Crippen molar-refractivity contribution < 1.29 is 0 Å². The molecule has 1 aliphatic heterocycles. The highest BCUT2D eigenvalue weighted by Crippen LogP contribution is 2.19. The number of hydrogen-bond donors (Lipinski definition) is 2. The second-order valence-corrected chi connectivity index (χ2v) is 4.10. The standard InChI is InChI=1S/C10H22N2/c1-4-9-8-10(3,5-2)12-7-6-11-9/h9,11-12H,4-8H2,1-3H3. The van der Waals surface area contributed by atoms with Crippen LogP contribution in [0.2, 0.25) is 0 Å². The van der Waals surface area contributed by atoms with E-state index in [4.69, 9.17) is 0 Å². The lowest BCUT2D eigenvalue weighted by atomic mass is 9.90. The minimum atomic E-state index is 0.365. The maximum absolute atomic E-state index is 3.61. The lowest BCUT2D eigenvalue weighted by molar-refractivity contribution is 0.312. The van der Waals surface area contributed by atoms with E-state index in [-0.39, 0.29) is 0 Å². The molecule has 72 valence electrons. The van der Waals surface area contributed by atoms with E-state index in [1.807, 2.05) is 0 Å². The molecule has 1 aliphatic rings. The van der Waals surface area contributed by atoms with E-state index in [1.54, 1.807) is 0 Å². The SMILES string of the molecule is CCC1CC(C)(CC)NCCN1. The summed E-state index contributed by atoms with van der Waals surface area (Å²) in [6.45, 7) is 9.10. The third kappa shape index (κ3) is 2.46. The summed E-state index contributed by atoms with van der Waals surface area (Å²) in [6.07, 6.45) is 3.74. The van der Waals surface area contributed by atoms with Crippen LogP contribution >= 0.6 is 0 Å². The maximum atomic E-state index is 3.61. The molecule has 0 saturated carbocycles. The Hall–Kier alpha value is -0.0800. The number of nitrogens with one attached hydrogen (secondary N) is 2. The highest BCUT2D eigenvalue weighted by atomic mass is 15.1. The molecule has 12 heavy (non-hydrogen) atoms. The average molecular weight is 170 g/mol. The molecule has 2 atom stereocenters. The Morgan fingerprint density at radius 3 is 2.67 bits per heavy atom. The van der Waals surface area contributed by atoms with Crippen molar-refractivity contribution >= 4 is 0 Å². The van der Waals surface area contributed by atoms with Crippen molar-refractivity contribution in [3.8, 4) is 0 Å². The maximum Gasteiger partial charge on any atom is 0.0166 e. The predicted molar refractivity (Wildman–Crippen MR) is 53.4 cm³/mol. The Morgan fingerprint density at radius 1 is 1.33 bits per heavy atom. The summed E-state index contributed by atoms with van der Waals surface area (Å²) in [7, 11) is 0. The minimum Gasteiger partial charge on any atom is -0.313 e. The first-order valence-electron chi connectivity index (χ1n) is 5.18. The van der Waals surface area contributed by atoms with Crippen molar-refractivity contribution in [2.24, 2.45) is 0 Å². The molecule has 1 saturated heterocycles. The second-order valence-electron chi connectivity index (χ2n) is 4.10. The Bertz CT molecular complexity index is 136. The van der Waals surface area contributed by atoms with Crippen molar-refractivity contribution in [3.05, 3.63) is 0 Å². The van der Waals surface area contributed by atoms with Gasteiger partial charge in [-0.3, -0.25) is 0 Å². The summed E-state index contributed by atoms with van der Waals surface area (Å²) in [6, 6.07) is 0.713. The molecule has 0 aromatic rings. The van der Waals surface area contributed by atoms with Gasteiger partial charge in [0.05, 0.1) is 0 Å². The van der Waals surface area contributed by atoms with E-state index in [2.05, 4.69) is 31.4 Å². The van der Waals surface area contributed by atoms with Gasteiger partial charge in [-0.15, -0.1) is 0 Å². The summed E-state index contributed by atoms with van der Waals surface area (Å²) in [5.74, 6) is 0. The van der Waals surface area contributed by atoms with Gasteiger partial charge in [-0.05, 0) is 26.2 Å². The van der Waals surface area contributed by atoms with Crippen molar-refractivity contribution in [2.45, 2.75) is 51.6 Å². The third-order valence-electron chi connectivity index (χ3n) is 3.08. The van der Waals surface area contributed by atoms with Crippen LogP contribution in [0.1, 0.15) is 40.0 Å². The van der Waals surface area contributed by atoms with Crippen LogP contribution in [-0.4, -0.2) is 24.7 Å². The van der Waals surface area contributed by atoms with Crippen LogP contribution in [-0.2, 0) is 0 Å². The fourth-order valence-corrected chi connectivity index (χ4v) is 1.89. The summed E-state index contributed by atoms with van der Waals surface area (Å²) in [5, 5.41) is 7.17. The van der Waals surface area contributed by atoms with Crippen molar-refractivity contribution in [1.29, 1.82) is 0 Å². The molecule has 2 nitrogen and oxygen atoms in total. The molecule has 0 spiro atoms. The molecule has 2 heteroatoms. The zero-order valence-corrected chi connectivity index (χ0v) is 8.61. The van der Waals surface area contributed by atoms with Gasteiger partial charge in [0, 0.05) is 24.7 Å². The number of rotatable bonds is 2. The van der Waals surface area contributed by atoms with Gasteiger partial charge in [0.25, 0.3) is 0 Å². The fraction of sp³-hybridized carbons (Fsp3) is 1.00. The predicted octanol–water partition coefficient (Wildman–Crippen LogP) is 1.52. The monoisotopic (exact) mass is 170 g/mol. The van der Waals surface area contributed by atoms with Crippen LogP contribution in [0, 0.1) is 0 Å². The van der Waals surface area contributed by atoms with Crippen molar-refractivity contribution in [2.75, 3.05) is 13.1 Å². The van der Waals surface area contributed by atoms with Gasteiger partial charge in [-0.2, -0.15) is 0 Å². The van der Waals surface area contributed by atoms with Crippen LogP contribution in [0.4, 0.5) is 0 Å². The molecule has 0 aromatic heterocycles. The first-order chi connectivity index (χ1) is 5.70. The molecule has 1 heterocycles. The molecule has 0 aliphatic carbocycles. The molecule has 1 fully saturated rings. The van der Waals surface area contributed by atoms with E-state index in [9.17, 15) is 0 Å². The Morgan fingerprint density at radius 2 is 2.08 bits per heavy atom. The summed E-state index contributed by atoms with van der Waals surface area (Å²) < 4.78 is 0. The highest BCUT2D eigenvalue weighted by Gasteiger charge is 2.26. The quantitative estimate of drug-likeness (QED) is 0.656. The normalized spacial score (nSPS) is 37.8. The molecule has 0 amide bonds. The summed E-state index contributed by atoms with van der Waals surface area (Å²) >= 11 is 0. The van der Waals surface area contributed by atoms with E-state index >= 15 is 0 Å². The van der Waals surface area contributed by atoms with Gasteiger partial charge in [0.15, 0.2) is 0 Å². The fourth-order valence-electron chi connectivity index (χ4n) is 1.89. The minimum absolute atomic E-state index is 0.365. The Balaban J connectivity index is 2.52. The van der Waals surface area contributed by atoms with Gasteiger partial charge in [0.1, 0.15) is 0 Å². The first-order valence-corrected chi connectivity index (χ1v) is 5.18. The molecule has 2 N–H and O–H groups in total. The Labute approximate surface area is 76.1 Å². The molecule has 0 radical (unpaired) electrons. The van der Waals surface area contributed by atoms with Crippen LogP contribution in [0.25, 0.3) is 0 Å². The molecular weight excluding hydrogens is 148 g/mol. The molecule has 0 bridgehead atoms. The lowest BCUT2D eigenvalue weighted by Crippen LogP contribution is -2.43. The van der Waals surface area contributed by atoms with Crippen LogP contribution in [0.15, 0.2) is 0 Å². The van der Waals surface area contributed by atoms with E-state index in [1.165, 1.54) is 19.3 Å². The summed E-state index contributed by atoms with van der Waals surface area (Å²) in [4.78, 5) is 0. The topological polar surface area (TPSA) is 24.1 Å². The van der Waals surface area contributed by atoms with E-state index < -0.39 is 0 Å². The van der Waals surface area contributed by atoms with Gasteiger partial charge in [-0.1, -0.05) is 13.8 Å². The zero-order valence-electron chi connectivity index (χ0n) is 8.61. The average Bonchev–Trinajstić information content (AvgIpc) is 2.28. The number of hydrogen-bond acceptors (Lipinski definition) is 2. The smallest absolute Gasteiger partial charge is 0.0166 e. The van der Waals surface area contributed by atoms with Crippen LogP contribution in [0.3, 0.4) is 0 Å². The summed E-state index contributed by atoms with van der Waals surface area (Å²) in [5.41, 5.74) is 0.365. The highest BCUT2D eigenvalue weighted by molar-refractivity contribution is 4.89. The van der Waals surface area contributed by atoms with Gasteiger partial charge in [0.2, 0.25) is 0 Å². The van der Waals surface area contributed by atoms with E-state index in [0.717, 1.165) is 13.1 Å². The van der Waals surface area contributed by atoms with Gasteiger partial charge < -0.3 is 10.6 Å². The van der Waals surface area contributed by atoms with Gasteiger partial charge >= 0.3 is 0 Å². The third-order valence-corrected chi connectivity index (χ3v) is 3.08. The Kier molecular flexibility index (Phi) is 3.53. The van der Waals surface area contributed by atoms with Gasteiger partial charge in [-0.25, -0.2) is 0 Å². The largest absolute Gasteiger partial charge is 0.313 e. The second kappa shape index (κ2) is 4.24. The molecule has 2 unspecified atom stereocenters. The van der Waals surface area contributed by atoms with Crippen LogP contribution < -0.4 is 10.6 Å². The van der Waals surface area contributed by atoms with Crippen molar-refractivity contribution in [3.63, 3.8) is 0 Å².